The van der Waals surface area contributed by atoms with E-state index in [1.165, 1.54) is 24.8 Å². The SMILES string of the molecule is CCCC(CC)CC(=CC=O)CC. The highest BCUT2D eigenvalue weighted by Crippen LogP contribution is 2.21. The van der Waals surface area contributed by atoms with E-state index in [1.54, 1.807) is 6.08 Å². The van der Waals surface area contributed by atoms with Gasteiger partial charge in [0, 0.05) is 0 Å². The normalized spacial score (nSPS) is 14.2. The van der Waals surface area contributed by atoms with Crippen LogP contribution in [-0.2, 0) is 4.79 Å². The highest BCUT2D eigenvalue weighted by molar-refractivity contribution is 5.66. The second-order valence-electron chi connectivity index (χ2n) is 3.58. The molecule has 0 aliphatic heterocycles. The third-order valence-corrected chi connectivity index (χ3v) is 2.58. The lowest BCUT2D eigenvalue weighted by atomic mass is 9.91. The quantitative estimate of drug-likeness (QED) is 0.433. The van der Waals surface area contributed by atoms with Crippen LogP contribution >= 0.6 is 0 Å². The number of hydrogen-bond acceptors (Lipinski definition) is 1. The first kappa shape index (κ1) is 12.4. The van der Waals surface area contributed by atoms with Crippen LogP contribution in [0, 0.1) is 5.92 Å². The molecule has 1 atom stereocenters. The van der Waals surface area contributed by atoms with Gasteiger partial charge in [0.15, 0.2) is 0 Å². The van der Waals surface area contributed by atoms with Crippen LogP contribution in [0.5, 0.6) is 0 Å². The standard InChI is InChI=1S/C12H22O/c1-4-7-11(5-2)10-12(6-3)8-9-13/h8-9,11H,4-7,10H2,1-3H3. The molecule has 1 nitrogen and oxygen atoms in total. The van der Waals surface area contributed by atoms with Crippen molar-refractivity contribution in [1.82, 2.24) is 0 Å². The molecule has 0 aliphatic rings. The Hall–Kier alpha value is -0.590. The Bertz CT molecular complexity index is 159. The number of aldehydes is 1. The molecule has 0 heterocycles. The van der Waals surface area contributed by atoms with E-state index in [2.05, 4.69) is 20.8 Å². The first-order valence-electron chi connectivity index (χ1n) is 5.41. The molecule has 1 heteroatoms. The van der Waals surface area contributed by atoms with Crippen LogP contribution < -0.4 is 0 Å². The third kappa shape index (κ3) is 5.62. The Kier molecular flexibility index (Phi) is 7.66. The maximum absolute atomic E-state index is 10.3. The average molecular weight is 182 g/mol. The lowest BCUT2D eigenvalue weighted by Gasteiger charge is -2.14. The minimum atomic E-state index is 0.774. The molecule has 0 aromatic heterocycles. The number of carbonyl (C=O) groups excluding carboxylic acids is 1. The van der Waals surface area contributed by atoms with Gasteiger partial charge in [-0.25, -0.2) is 0 Å². The van der Waals surface area contributed by atoms with Crippen LogP contribution in [0.4, 0.5) is 0 Å². The minimum Gasteiger partial charge on any atom is -0.299 e. The monoisotopic (exact) mass is 182 g/mol. The van der Waals surface area contributed by atoms with Crippen molar-refractivity contribution in [2.45, 2.75) is 52.9 Å². The molecular formula is C12H22O. The molecular weight excluding hydrogens is 160 g/mol. The van der Waals surface area contributed by atoms with Gasteiger partial charge < -0.3 is 0 Å². The Balaban J connectivity index is 4.02. The Morgan fingerprint density at radius 2 is 2.00 bits per heavy atom. The Labute approximate surface area is 82.2 Å². The number of rotatable bonds is 7. The van der Waals surface area contributed by atoms with Gasteiger partial charge in [-0.3, -0.25) is 4.79 Å². The largest absolute Gasteiger partial charge is 0.299 e. The average Bonchev–Trinajstić information content (AvgIpc) is 2.16. The zero-order valence-corrected chi connectivity index (χ0v) is 9.18. The van der Waals surface area contributed by atoms with Crippen LogP contribution in [0.2, 0.25) is 0 Å². The van der Waals surface area contributed by atoms with Gasteiger partial charge >= 0.3 is 0 Å². The van der Waals surface area contributed by atoms with Crippen LogP contribution in [0.25, 0.3) is 0 Å². The Morgan fingerprint density at radius 1 is 1.31 bits per heavy atom. The van der Waals surface area contributed by atoms with Crippen molar-refractivity contribution in [2.24, 2.45) is 5.92 Å². The third-order valence-electron chi connectivity index (χ3n) is 2.58. The Morgan fingerprint density at radius 3 is 2.38 bits per heavy atom. The smallest absolute Gasteiger partial charge is 0.142 e. The molecule has 0 aromatic carbocycles. The lowest BCUT2D eigenvalue weighted by Crippen LogP contribution is -2.00. The van der Waals surface area contributed by atoms with Crippen molar-refractivity contribution in [1.29, 1.82) is 0 Å². The van der Waals surface area contributed by atoms with E-state index in [-0.39, 0.29) is 0 Å². The summed E-state index contributed by atoms with van der Waals surface area (Å²) in [4.78, 5) is 10.3. The molecule has 0 N–H and O–H groups in total. The molecule has 0 bridgehead atoms. The fraction of sp³-hybridized carbons (Fsp3) is 0.750. The summed E-state index contributed by atoms with van der Waals surface area (Å²) in [5.74, 6) is 0.774. The van der Waals surface area contributed by atoms with Gasteiger partial charge in [-0.1, -0.05) is 45.6 Å². The first-order chi connectivity index (χ1) is 6.28. The van der Waals surface area contributed by atoms with E-state index in [4.69, 9.17) is 0 Å². The topological polar surface area (TPSA) is 17.1 Å². The molecule has 0 saturated heterocycles. The molecule has 0 rings (SSSR count). The van der Waals surface area contributed by atoms with Gasteiger partial charge in [-0.05, 0) is 24.8 Å². The van der Waals surface area contributed by atoms with E-state index in [1.807, 2.05) is 0 Å². The van der Waals surface area contributed by atoms with Gasteiger partial charge in [0.25, 0.3) is 0 Å². The summed E-state index contributed by atoms with van der Waals surface area (Å²) in [7, 11) is 0. The fourth-order valence-electron chi connectivity index (χ4n) is 1.66. The van der Waals surface area contributed by atoms with Gasteiger partial charge in [0.1, 0.15) is 6.29 Å². The molecule has 0 fully saturated rings. The fourth-order valence-corrected chi connectivity index (χ4v) is 1.66. The summed E-state index contributed by atoms with van der Waals surface area (Å²) in [6.45, 7) is 6.57. The van der Waals surface area contributed by atoms with Gasteiger partial charge in [0.05, 0.1) is 0 Å². The van der Waals surface area contributed by atoms with Crippen LogP contribution in [0.15, 0.2) is 11.6 Å². The van der Waals surface area contributed by atoms with Crippen molar-refractivity contribution in [3.63, 3.8) is 0 Å². The molecule has 13 heavy (non-hydrogen) atoms. The molecule has 1 unspecified atom stereocenters. The molecule has 0 amide bonds. The van der Waals surface area contributed by atoms with Gasteiger partial charge in [-0.2, -0.15) is 0 Å². The molecule has 0 aromatic rings. The second-order valence-corrected chi connectivity index (χ2v) is 3.58. The van der Waals surface area contributed by atoms with Gasteiger partial charge in [0.2, 0.25) is 0 Å². The maximum atomic E-state index is 10.3. The van der Waals surface area contributed by atoms with E-state index in [0.29, 0.717) is 0 Å². The predicted molar refractivity (Wildman–Crippen MR) is 57.7 cm³/mol. The lowest BCUT2D eigenvalue weighted by molar-refractivity contribution is -0.104. The van der Waals surface area contributed by atoms with E-state index >= 15 is 0 Å². The maximum Gasteiger partial charge on any atom is 0.142 e. The highest BCUT2D eigenvalue weighted by Gasteiger charge is 2.06. The van der Waals surface area contributed by atoms with Crippen molar-refractivity contribution in [3.05, 3.63) is 11.6 Å². The predicted octanol–water partition coefficient (Wildman–Crippen LogP) is 3.74. The molecule has 0 aliphatic carbocycles. The summed E-state index contributed by atoms with van der Waals surface area (Å²) in [6, 6.07) is 0. The summed E-state index contributed by atoms with van der Waals surface area (Å²) < 4.78 is 0. The minimum absolute atomic E-state index is 0.774. The summed E-state index contributed by atoms with van der Waals surface area (Å²) >= 11 is 0. The zero-order chi connectivity index (χ0) is 10.1. The second kappa shape index (κ2) is 8.03. The first-order valence-corrected chi connectivity index (χ1v) is 5.41. The molecule has 0 radical (unpaired) electrons. The van der Waals surface area contributed by atoms with Crippen LogP contribution in [0.1, 0.15) is 52.9 Å². The van der Waals surface area contributed by atoms with Crippen LogP contribution in [-0.4, -0.2) is 6.29 Å². The van der Waals surface area contributed by atoms with Gasteiger partial charge in [-0.15, -0.1) is 0 Å². The van der Waals surface area contributed by atoms with E-state index in [0.717, 1.165) is 25.0 Å². The van der Waals surface area contributed by atoms with Crippen LogP contribution in [0.3, 0.4) is 0 Å². The van der Waals surface area contributed by atoms with E-state index < -0.39 is 0 Å². The summed E-state index contributed by atoms with van der Waals surface area (Å²) in [5, 5.41) is 0. The van der Waals surface area contributed by atoms with Crippen molar-refractivity contribution >= 4 is 6.29 Å². The number of carbonyl (C=O) groups is 1. The highest BCUT2D eigenvalue weighted by atomic mass is 16.1. The molecule has 0 saturated carbocycles. The molecule has 76 valence electrons. The molecule has 0 spiro atoms. The van der Waals surface area contributed by atoms with Crippen molar-refractivity contribution in [3.8, 4) is 0 Å². The van der Waals surface area contributed by atoms with Crippen molar-refractivity contribution in [2.75, 3.05) is 0 Å². The summed E-state index contributed by atoms with van der Waals surface area (Å²) in [5.41, 5.74) is 1.30. The van der Waals surface area contributed by atoms with E-state index in [9.17, 15) is 4.79 Å². The summed E-state index contributed by atoms with van der Waals surface area (Å²) in [6.07, 6.45) is 8.53. The zero-order valence-electron chi connectivity index (χ0n) is 9.18. The number of allylic oxidation sites excluding steroid dienone is 2. The number of hydrogen-bond donors (Lipinski definition) is 0. The van der Waals surface area contributed by atoms with Crippen molar-refractivity contribution < 1.29 is 4.79 Å².